The summed E-state index contributed by atoms with van der Waals surface area (Å²) in [5.74, 6) is 0.499. The first-order chi connectivity index (χ1) is 10.8. The van der Waals surface area contributed by atoms with Gasteiger partial charge >= 0.3 is 0 Å². The standard InChI is InChI=1S/C15H19N5O2/c1-22-10-15(21)20-5-3-11(9-20)6-12-7-17-14(8-16-12)13-2-4-18-19-13/h2,4,7-8,11H,3,5-6,9-10H2,1H3,(H,18,19). The molecular formula is C15H19N5O2. The first kappa shape index (κ1) is 14.6. The third kappa shape index (κ3) is 3.30. The number of aromatic amines is 1. The predicted molar refractivity (Wildman–Crippen MR) is 79.9 cm³/mol. The Morgan fingerprint density at radius 3 is 3.05 bits per heavy atom. The molecule has 1 atom stereocenters. The zero-order valence-electron chi connectivity index (χ0n) is 12.5. The van der Waals surface area contributed by atoms with Gasteiger partial charge in [0.05, 0.1) is 17.6 Å². The zero-order valence-corrected chi connectivity index (χ0v) is 12.5. The normalized spacial score (nSPS) is 17.9. The fourth-order valence-electron chi connectivity index (χ4n) is 2.73. The lowest BCUT2D eigenvalue weighted by Gasteiger charge is -2.15. The Morgan fingerprint density at radius 2 is 2.36 bits per heavy atom. The summed E-state index contributed by atoms with van der Waals surface area (Å²) in [4.78, 5) is 22.5. The van der Waals surface area contributed by atoms with Crippen LogP contribution < -0.4 is 0 Å². The Kier molecular flexibility index (Phi) is 4.43. The van der Waals surface area contributed by atoms with Gasteiger partial charge in [-0.15, -0.1) is 0 Å². The first-order valence-corrected chi connectivity index (χ1v) is 7.33. The van der Waals surface area contributed by atoms with Crippen LogP contribution in [-0.4, -0.2) is 57.8 Å². The Labute approximate surface area is 128 Å². The molecule has 116 valence electrons. The van der Waals surface area contributed by atoms with Gasteiger partial charge in [-0.3, -0.25) is 19.9 Å². The number of methoxy groups -OCH3 is 1. The quantitative estimate of drug-likeness (QED) is 0.887. The van der Waals surface area contributed by atoms with Crippen molar-refractivity contribution in [2.24, 2.45) is 5.92 Å². The van der Waals surface area contributed by atoms with Crippen molar-refractivity contribution in [3.05, 3.63) is 30.4 Å². The van der Waals surface area contributed by atoms with E-state index in [4.69, 9.17) is 4.74 Å². The molecule has 0 aromatic carbocycles. The van der Waals surface area contributed by atoms with Crippen LogP contribution in [0, 0.1) is 5.92 Å². The number of rotatable bonds is 5. The molecule has 0 radical (unpaired) electrons. The Balaban J connectivity index is 1.57. The van der Waals surface area contributed by atoms with Gasteiger partial charge in [0.15, 0.2) is 0 Å². The van der Waals surface area contributed by atoms with Crippen molar-refractivity contribution >= 4 is 5.91 Å². The maximum Gasteiger partial charge on any atom is 0.248 e. The minimum Gasteiger partial charge on any atom is -0.375 e. The zero-order chi connectivity index (χ0) is 15.4. The van der Waals surface area contributed by atoms with Gasteiger partial charge in [-0.05, 0) is 24.8 Å². The van der Waals surface area contributed by atoms with E-state index in [1.165, 1.54) is 0 Å². The monoisotopic (exact) mass is 301 g/mol. The number of H-pyrrole nitrogens is 1. The molecule has 1 aliphatic rings. The molecular weight excluding hydrogens is 282 g/mol. The van der Waals surface area contributed by atoms with Crippen LogP contribution in [0.3, 0.4) is 0 Å². The van der Waals surface area contributed by atoms with E-state index >= 15 is 0 Å². The molecule has 0 aliphatic carbocycles. The SMILES string of the molecule is COCC(=O)N1CCC(Cc2cnc(-c3ccn[nH]3)cn2)C1. The number of likely N-dealkylation sites (tertiary alicyclic amines) is 1. The summed E-state index contributed by atoms with van der Waals surface area (Å²) in [6.45, 7) is 1.73. The van der Waals surface area contributed by atoms with E-state index in [2.05, 4.69) is 20.2 Å². The van der Waals surface area contributed by atoms with E-state index in [1.54, 1.807) is 25.7 Å². The molecule has 0 saturated carbocycles. The minimum atomic E-state index is 0.0608. The summed E-state index contributed by atoms with van der Waals surface area (Å²) in [5, 5.41) is 6.77. The maximum atomic E-state index is 11.8. The van der Waals surface area contributed by atoms with E-state index < -0.39 is 0 Å². The van der Waals surface area contributed by atoms with Crippen LogP contribution in [0.1, 0.15) is 12.1 Å². The van der Waals surface area contributed by atoms with Crippen molar-refractivity contribution in [1.82, 2.24) is 25.1 Å². The fourth-order valence-corrected chi connectivity index (χ4v) is 2.73. The lowest BCUT2D eigenvalue weighted by atomic mass is 10.0. The molecule has 3 rings (SSSR count). The molecule has 1 fully saturated rings. The summed E-state index contributed by atoms with van der Waals surface area (Å²) in [5.41, 5.74) is 2.59. The molecule has 7 heteroatoms. The molecule has 22 heavy (non-hydrogen) atoms. The highest BCUT2D eigenvalue weighted by atomic mass is 16.5. The second-order valence-corrected chi connectivity index (χ2v) is 5.49. The van der Waals surface area contributed by atoms with Crippen molar-refractivity contribution in [3.63, 3.8) is 0 Å². The van der Waals surface area contributed by atoms with E-state index in [-0.39, 0.29) is 12.5 Å². The summed E-state index contributed by atoms with van der Waals surface area (Å²) >= 11 is 0. The predicted octanol–water partition coefficient (Wildman–Crippen LogP) is 0.904. The van der Waals surface area contributed by atoms with Gasteiger partial charge in [0.1, 0.15) is 12.3 Å². The van der Waals surface area contributed by atoms with Gasteiger partial charge < -0.3 is 9.64 Å². The Hall–Kier alpha value is -2.28. The number of carbonyl (C=O) groups excluding carboxylic acids is 1. The van der Waals surface area contributed by atoms with E-state index in [9.17, 15) is 4.79 Å². The number of nitrogens with one attached hydrogen (secondary N) is 1. The molecule has 1 aliphatic heterocycles. The van der Waals surface area contributed by atoms with Crippen LogP contribution in [0.2, 0.25) is 0 Å². The maximum absolute atomic E-state index is 11.8. The number of hydrogen-bond acceptors (Lipinski definition) is 5. The van der Waals surface area contributed by atoms with Crippen LogP contribution in [-0.2, 0) is 16.0 Å². The first-order valence-electron chi connectivity index (χ1n) is 7.33. The Bertz CT molecular complexity index is 611. The largest absolute Gasteiger partial charge is 0.375 e. The number of carbonyl (C=O) groups is 1. The van der Waals surface area contributed by atoms with Crippen molar-refractivity contribution in [3.8, 4) is 11.4 Å². The molecule has 3 heterocycles. The van der Waals surface area contributed by atoms with Crippen LogP contribution in [0.4, 0.5) is 0 Å². The number of hydrogen-bond donors (Lipinski definition) is 1. The van der Waals surface area contributed by atoms with E-state index in [0.717, 1.165) is 43.0 Å². The van der Waals surface area contributed by atoms with Gasteiger partial charge in [0.25, 0.3) is 0 Å². The number of amides is 1. The molecule has 1 unspecified atom stereocenters. The average Bonchev–Trinajstić information content (AvgIpc) is 3.19. The summed E-state index contributed by atoms with van der Waals surface area (Å²) in [6, 6.07) is 1.86. The second-order valence-electron chi connectivity index (χ2n) is 5.49. The molecule has 0 bridgehead atoms. The van der Waals surface area contributed by atoms with E-state index in [0.29, 0.717) is 5.92 Å². The summed E-state index contributed by atoms with van der Waals surface area (Å²) in [6.07, 6.45) is 7.09. The van der Waals surface area contributed by atoms with Crippen LogP contribution in [0.25, 0.3) is 11.4 Å². The van der Waals surface area contributed by atoms with Crippen LogP contribution in [0.5, 0.6) is 0 Å². The van der Waals surface area contributed by atoms with Crippen molar-refractivity contribution < 1.29 is 9.53 Å². The van der Waals surface area contributed by atoms with Crippen molar-refractivity contribution in [2.75, 3.05) is 26.8 Å². The summed E-state index contributed by atoms with van der Waals surface area (Å²) in [7, 11) is 1.54. The van der Waals surface area contributed by atoms with Crippen molar-refractivity contribution in [2.45, 2.75) is 12.8 Å². The van der Waals surface area contributed by atoms with Gasteiger partial charge in [-0.25, -0.2) is 0 Å². The van der Waals surface area contributed by atoms with Gasteiger partial charge in [0, 0.05) is 32.6 Å². The average molecular weight is 301 g/mol. The van der Waals surface area contributed by atoms with Gasteiger partial charge in [-0.1, -0.05) is 0 Å². The Morgan fingerprint density at radius 1 is 1.45 bits per heavy atom. The van der Waals surface area contributed by atoms with Crippen LogP contribution >= 0.6 is 0 Å². The molecule has 1 N–H and O–H groups in total. The lowest BCUT2D eigenvalue weighted by molar-refractivity contribution is -0.134. The molecule has 2 aromatic rings. The minimum absolute atomic E-state index is 0.0608. The smallest absolute Gasteiger partial charge is 0.248 e. The highest BCUT2D eigenvalue weighted by molar-refractivity contribution is 5.77. The lowest BCUT2D eigenvalue weighted by Crippen LogP contribution is -2.31. The topological polar surface area (TPSA) is 84.0 Å². The molecule has 2 aromatic heterocycles. The number of ether oxygens (including phenoxy) is 1. The highest BCUT2D eigenvalue weighted by Crippen LogP contribution is 2.20. The van der Waals surface area contributed by atoms with E-state index in [1.807, 2.05) is 11.0 Å². The van der Waals surface area contributed by atoms with Gasteiger partial charge in [-0.2, -0.15) is 5.10 Å². The second kappa shape index (κ2) is 6.65. The number of aromatic nitrogens is 4. The molecule has 1 saturated heterocycles. The number of nitrogens with zero attached hydrogens (tertiary/aromatic N) is 4. The van der Waals surface area contributed by atoms with Gasteiger partial charge in [0.2, 0.25) is 5.91 Å². The van der Waals surface area contributed by atoms with Crippen LogP contribution in [0.15, 0.2) is 24.7 Å². The third-order valence-corrected chi connectivity index (χ3v) is 3.89. The molecule has 0 spiro atoms. The fraction of sp³-hybridized carbons (Fsp3) is 0.467. The summed E-state index contributed by atoms with van der Waals surface area (Å²) < 4.78 is 4.90. The third-order valence-electron chi connectivity index (χ3n) is 3.89. The molecule has 7 nitrogen and oxygen atoms in total. The highest BCUT2D eigenvalue weighted by Gasteiger charge is 2.26. The van der Waals surface area contributed by atoms with Crippen molar-refractivity contribution in [1.29, 1.82) is 0 Å². The molecule has 1 amide bonds.